The molecule has 0 saturated carbocycles. The molecule has 1 heterocycles. The summed E-state index contributed by atoms with van der Waals surface area (Å²) in [7, 11) is 0. The molecule has 0 aliphatic heterocycles. The average molecular weight is 289 g/mol. The number of ether oxygens (including phenoxy) is 1. The first-order valence-corrected chi connectivity index (χ1v) is 7.31. The van der Waals surface area contributed by atoms with E-state index in [-0.39, 0.29) is 12.0 Å². The van der Waals surface area contributed by atoms with Crippen molar-refractivity contribution in [3.05, 3.63) is 16.4 Å². The molecule has 0 saturated heterocycles. The van der Waals surface area contributed by atoms with E-state index in [4.69, 9.17) is 16.3 Å². The third kappa shape index (κ3) is 3.94. The van der Waals surface area contributed by atoms with Gasteiger partial charge in [0.2, 0.25) is 0 Å². The first kappa shape index (κ1) is 16.5. The lowest BCUT2D eigenvalue weighted by Crippen LogP contribution is -2.36. The van der Waals surface area contributed by atoms with Gasteiger partial charge in [0.1, 0.15) is 0 Å². The molecule has 1 aromatic rings. The predicted octanol–water partition coefficient (Wildman–Crippen LogP) is 2.83. The molecule has 2 unspecified atom stereocenters. The van der Waals surface area contributed by atoms with Gasteiger partial charge in [-0.2, -0.15) is 5.10 Å². The second kappa shape index (κ2) is 7.27. The summed E-state index contributed by atoms with van der Waals surface area (Å²) in [6, 6.07) is 0. The number of hydrogen-bond donors (Lipinski definition) is 1. The van der Waals surface area contributed by atoms with E-state index >= 15 is 0 Å². The number of aryl methyl sites for hydroxylation is 2. The molecule has 19 heavy (non-hydrogen) atoms. The third-order valence-corrected chi connectivity index (χ3v) is 3.74. The van der Waals surface area contributed by atoms with E-state index in [2.05, 4.69) is 5.10 Å². The lowest BCUT2D eigenvalue weighted by molar-refractivity contribution is -0.0568. The molecule has 4 nitrogen and oxygen atoms in total. The number of aliphatic hydroxyl groups excluding tert-OH is 1. The zero-order valence-corrected chi connectivity index (χ0v) is 13.2. The summed E-state index contributed by atoms with van der Waals surface area (Å²) in [5.41, 5.74) is 1.70. The maximum absolute atomic E-state index is 10.4. The lowest BCUT2D eigenvalue weighted by Gasteiger charge is -2.26. The molecule has 1 aromatic heterocycles. The first-order chi connectivity index (χ1) is 8.92. The Balaban J connectivity index is 2.88. The Hall–Kier alpha value is -0.580. The zero-order chi connectivity index (χ0) is 14.6. The first-order valence-electron chi connectivity index (χ1n) is 6.93. The number of halogens is 1. The molecular formula is C14H25ClN2O2. The second-order valence-electron chi connectivity index (χ2n) is 5.10. The van der Waals surface area contributed by atoms with Gasteiger partial charge in [-0.1, -0.05) is 25.4 Å². The van der Waals surface area contributed by atoms with Crippen LogP contribution in [0.15, 0.2) is 0 Å². The molecule has 0 aromatic carbocycles. The minimum atomic E-state index is -0.571. The number of hydrogen-bond acceptors (Lipinski definition) is 3. The highest BCUT2D eigenvalue weighted by atomic mass is 35.5. The van der Waals surface area contributed by atoms with Crippen molar-refractivity contribution in [2.45, 2.75) is 59.8 Å². The Bertz CT molecular complexity index is 404. The van der Waals surface area contributed by atoms with Gasteiger partial charge in [0.25, 0.3) is 0 Å². The Morgan fingerprint density at radius 3 is 2.47 bits per heavy atom. The smallest absolute Gasteiger partial charge is 0.0860 e. The summed E-state index contributed by atoms with van der Waals surface area (Å²) >= 11 is 6.26. The number of aliphatic hydroxyl groups is 1. The maximum atomic E-state index is 10.4. The maximum Gasteiger partial charge on any atom is 0.0860 e. The Morgan fingerprint density at radius 1 is 1.37 bits per heavy atom. The minimum absolute atomic E-state index is 0.179. The molecule has 0 amide bonds. The van der Waals surface area contributed by atoms with Crippen LogP contribution >= 0.6 is 11.6 Å². The molecule has 0 aliphatic carbocycles. The van der Waals surface area contributed by atoms with Crippen LogP contribution in [0.25, 0.3) is 0 Å². The van der Waals surface area contributed by atoms with Gasteiger partial charge in [-0.25, -0.2) is 0 Å². The topological polar surface area (TPSA) is 47.3 Å². The molecule has 110 valence electrons. The summed E-state index contributed by atoms with van der Waals surface area (Å²) < 4.78 is 7.49. The van der Waals surface area contributed by atoms with Gasteiger partial charge in [0.15, 0.2) is 0 Å². The highest BCUT2D eigenvalue weighted by Crippen LogP contribution is 2.24. The largest absolute Gasteiger partial charge is 0.390 e. The third-order valence-electron chi connectivity index (χ3n) is 3.25. The van der Waals surface area contributed by atoms with Gasteiger partial charge >= 0.3 is 0 Å². The van der Waals surface area contributed by atoms with E-state index in [0.717, 1.165) is 17.9 Å². The number of nitrogens with zero attached hydrogens (tertiary/aromatic N) is 2. The lowest BCUT2D eigenvalue weighted by atomic mass is 9.98. The monoisotopic (exact) mass is 288 g/mol. The highest BCUT2D eigenvalue weighted by Gasteiger charge is 2.26. The van der Waals surface area contributed by atoms with Crippen molar-refractivity contribution < 1.29 is 9.84 Å². The molecule has 0 fully saturated rings. The fourth-order valence-electron chi connectivity index (χ4n) is 2.32. The van der Waals surface area contributed by atoms with E-state index in [1.54, 1.807) is 0 Å². The van der Waals surface area contributed by atoms with Crippen molar-refractivity contribution >= 4 is 11.6 Å². The van der Waals surface area contributed by atoms with E-state index in [1.807, 2.05) is 39.3 Å². The Morgan fingerprint density at radius 2 is 2.00 bits per heavy atom. The van der Waals surface area contributed by atoms with Crippen molar-refractivity contribution in [2.75, 3.05) is 6.61 Å². The molecule has 0 aliphatic rings. The Labute approximate surface area is 120 Å². The fraction of sp³-hybridized carbons (Fsp3) is 0.786. The van der Waals surface area contributed by atoms with Gasteiger partial charge < -0.3 is 9.84 Å². The summed E-state index contributed by atoms with van der Waals surface area (Å²) in [4.78, 5) is 0. The van der Waals surface area contributed by atoms with Gasteiger partial charge in [0.05, 0.1) is 28.6 Å². The molecule has 1 N–H and O–H groups in total. The van der Waals surface area contributed by atoms with E-state index in [9.17, 15) is 5.11 Å². The summed E-state index contributed by atoms with van der Waals surface area (Å²) in [5.74, 6) is 0.257. The van der Waals surface area contributed by atoms with Crippen LogP contribution in [0, 0.1) is 12.8 Å². The van der Waals surface area contributed by atoms with Gasteiger partial charge in [0, 0.05) is 19.6 Å². The zero-order valence-electron chi connectivity index (χ0n) is 12.5. The average Bonchev–Trinajstić information content (AvgIpc) is 2.63. The molecule has 0 bridgehead atoms. The molecule has 0 spiro atoms. The quantitative estimate of drug-likeness (QED) is 0.839. The molecule has 0 radical (unpaired) electrons. The van der Waals surface area contributed by atoms with Crippen LogP contribution in [0.1, 0.15) is 39.1 Å². The van der Waals surface area contributed by atoms with Crippen LogP contribution in [0.4, 0.5) is 0 Å². The van der Waals surface area contributed by atoms with E-state index in [0.29, 0.717) is 18.1 Å². The van der Waals surface area contributed by atoms with E-state index < -0.39 is 6.10 Å². The molecule has 5 heteroatoms. The van der Waals surface area contributed by atoms with Gasteiger partial charge in [-0.15, -0.1) is 0 Å². The number of rotatable bonds is 7. The van der Waals surface area contributed by atoms with Crippen molar-refractivity contribution in [3.63, 3.8) is 0 Å². The minimum Gasteiger partial charge on any atom is -0.390 e. The fourth-order valence-corrected chi connectivity index (χ4v) is 2.53. The summed E-state index contributed by atoms with van der Waals surface area (Å²) in [5, 5.41) is 15.4. The van der Waals surface area contributed by atoms with Gasteiger partial charge in [-0.3, -0.25) is 4.68 Å². The summed E-state index contributed by atoms with van der Waals surface area (Å²) in [6.45, 7) is 11.3. The van der Waals surface area contributed by atoms with Crippen molar-refractivity contribution in [1.82, 2.24) is 9.78 Å². The predicted molar refractivity (Wildman–Crippen MR) is 77.6 cm³/mol. The van der Waals surface area contributed by atoms with Crippen LogP contribution < -0.4 is 0 Å². The van der Waals surface area contributed by atoms with Crippen LogP contribution in [-0.2, 0) is 17.7 Å². The molecule has 1 rings (SSSR count). The Kier molecular flexibility index (Phi) is 6.30. The van der Waals surface area contributed by atoms with Crippen molar-refractivity contribution in [2.24, 2.45) is 5.92 Å². The number of aromatic nitrogens is 2. The van der Waals surface area contributed by atoms with Crippen molar-refractivity contribution in [1.29, 1.82) is 0 Å². The van der Waals surface area contributed by atoms with Crippen molar-refractivity contribution in [3.8, 4) is 0 Å². The standard InChI is InChI=1S/C14H25ClN2O2/c1-6-17-11(13(15)10(5)16-17)8-12(18)14(9(3)4)19-7-2/h9,12,14,18H,6-8H2,1-5H3. The second-order valence-corrected chi connectivity index (χ2v) is 5.48. The van der Waals surface area contributed by atoms with E-state index in [1.165, 1.54) is 0 Å². The van der Waals surface area contributed by atoms with Crippen LogP contribution in [0.5, 0.6) is 0 Å². The molecule has 2 atom stereocenters. The van der Waals surface area contributed by atoms with Crippen LogP contribution in [-0.4, -0.2) is 33.7 Å². The normalized spacial score (nSPS) is 14.9. The van der Waals surface area contributed by atoms with Gasteiger partial charge in [-0.05, 0) is 26.7 Å². The molecular weight excluding hydrogens is 264 g/mol. The summed E-state index contributed by atoms with van der Waals surface area (Å²) in [6.07, 6.45) is -0.281. The van der Waals surface area contributed by atoms with Crippen LogP contribution in [0.3, 0.4) is 0 Å². The SMILES string of the molecule is CCOC(C(C)C)C(O)Cc1c(Cl)c(C)nn1CC. The van der Waals surface area contributed by atoms with Crippen LogP contribution in [0.2, 0.25) is 5.02 Å². The highest BCUT2D eigenvalue weighted by molar-refractivity contribution is 6.31.